The highest BCUT2D eigenvalue weighted by Crippen LogP contribution is 2.40. The predicted molar refractivity (Wildman–Crippen MR) is 120 cm³/mol. The number of aryl methyl sites for hydroxylation is 2. The number of benzene rings is 2. The lowest BCUT2D eigenvalue weighted by Gasteiger charge is -2.19. The summed E-state index contributed by atoms with van der Waals surface area (Å²) in [5, 5.41) is 18.0. The van der Waals surface area contributed by atoms with E-state index in [0.29, 0.717) is 11.8 Å². The number of anilines is 1. The molecule has 3 aromatic rings. The lowest BCUT2D eigenvalue weighted by atomic mass is 9.96. The molecule has 28 heavy (non-hydrogen) atoms. The third kappa shape index (κ3) is 3.70. The Balaban J connectivity index is 1.84. The molecule has 1 aromatic heterocycles. The summed E-state index contributed by atoms with van der Waals surface area (Å²) in [5.41, 5.74) is 2.27. The van der Waals surface area contributed by atoms with Crippen LogP contribution >= 0.6 is 11.3 Å². The molecular weight excluding hydrogens is 366 g/mol. The smallest absolute Gasteiger partial charge is 0.335 e. The Hall–Kier alpha value is -1.85. The molecule has 1 heterocycles. The molecule has 0 radical (unpaired) electrons. The molecule has 2 N–H and O–H groups in total. The molecule has 1 fully saturated rings. The lowest BCUT2D eigenvalue weighted by molar-refractivity contribution is -0.653. The number of nitrogens with zero attached hydrogens (tertiary/aromatic N) is 2. The number of fused-ring (bicyclic) bond motifs is 3. The second-order valence-electron chi connectivity index (χ2n) is 8.39. The van der Waals surface area contributed by atoms with Crippen molar-refractivity contribution in [3.8, 4) is 5.75 Å². The topological polar surface area (TPSA) is 39.4 Å². The predicted octanol–water partition coefficient (Wildman–Crippen LogP) is 5.05. The summed E-state index contributed by atoms with van der Waals surface area (Å²) >= 11 is 1.81. The zero-order valence-corrected chi connectivity index (χ0v) is 18.1. The monoisotopic (exact) mass is 398 g/mol. The molecule has 0 atom stereocenters. The largest absolute Gasteiger partial charge is 0.507 e. The van der Waals surface area contributed by atoms with Crippen molar-refractivity contribution >= 4 is 37.5 Å². The number of phenolic OH excluding ortho intramolecular Hbond substituents is 1. The molecule has 0 aliphatic heterocycles. The van der Waals surface area contributed by atoms with E-state index in [9.17, 15) is 5.11 Å². The van der Waals surface area contributed by atoms with Crippen molar-refractivity contribution < 1.29 is 9.67 Å². The van der Waals surface area contributed by atoms with E-state index < -0.39 is 0 Å². The molecule has 150 valence electrons. The van der Waals surface area contributed by atoms with Crippen LogP contribution in [-0.2, 0) is 6.54 Å². The molecule has 0 bridgehead atoms. The molecular formula is C23H32N3OS+. The maximum atomic E-state index is 10.8. The highest BCUT2D eigenvalue weighted by molar-refractivity contribution is 7.22. The van der Waals surface area contributed by atoms with E-state index in [1.165, 1.54) is 47.5 Å². The highest BCUT2D eigenvalue weighted by Gasteiger charge is 2.27. The molecule has 0 unspecified atom stereocenters. The first-order valence-electron chi connectivity index (χ1n) is 10.5. The van der Waals surface area contributed by atoms with Gasteiger partial charge >= 0.3 is 5.13 Å². The van der Waals surface area contributed by atoms with E-state index in [0.717, 1.165) is 35.8 Å². The quantitative estimate of drug-likeness (QED) is 0.571. The number of aromatic hydroxyl groups is 1. The van der Waals surface area contributed by atoms with E-state index in [1.807, 2.05) is 23.5 Å². The summed E-state index contributed by atoms with van der Waals surface area (Å²) in [5.74, 6) is 0.425. The average molecular weight is 399 g/mol. The standard InChI is InChI=1S/C23H31N3OS/c1-16-21(27)19-13-8-7-12-18(19)20-22(16)28-23(24-17-10-5-4-6-11-17)26(20)15-9-14-25(2)3/h7-8,12-13,17,27H,4-6,9-11,14-15H2,1-3H3/p+1. The number of rotatable bonds is 6. The van der Waals surface area contributed by atoms with Crippen LogP contribution in [0.4, 0.5) is 5.13 Å². The van der Waals surface area contributed by atoms with Gasteiger partial charge < -0.3 is 10.0 Å². The van der Waals surface area contributed by atoms with Crippen LogP contribution < -0.4 is 9.88 Å². The Labute approximate surface area is 171 Å². The maximum Gasteiger partial charge on any atom is 0.335 e. The summed E-state index contributed by atoms with van der Waals surface area (Å²) in [7, 11) is 4.27. The molecule has 0 spiro atoms. The fraction of sp³-hybridized carbons (Fsp3) is 0.522. The number of nitrogens with one attached hydrogen (secondary N) is 1. The van der Waals surface area contributed by atoms with Gasteiger partial charge in [-0.2, -0.15) is 0 Å². The first-order valence-corrected chi connectivity index (χ1v) is 11.4. The van der Waals surface area contributed by atoms with Gasteiger partial charge in [0.2, 0.25) is 0 Å². The van der Waals surface area contributed by atoms with Crippen LogP contribution in [0.5, 0.6) is 5.75 Å². The van der Waals surface area contributed by atoms with Crippen molar-refractivity contribution in [1.82, 2.24) is 4.90 Å². The molecule has 4 nitrogen and oxygen atoms in total. The van der Waals surface area contributed by atoms with E-state index >= 15 is 0 Å². The number of aromatic nitrogens is 1. The zero-order valence-electron chi connectivity index (χ0n) is 17.3. The number of hydrogen-bond acceptors (Lipinski definition) is 4. The minimum Gasteiger partial charge on any atom is -0.507 e. The van der Waals surface area contributed by atoms with Crippen LogP contribution in [0.1, 0.15) is 44.1 Å². The number of thiazole rings is 1. The van der Waals surface area contributed by atoms with Gasteiger partial charge in [0.15, 0.2) is 5.52 Å². The van der Waals surface area contributed by atoms with E-state index in [1.54, 1.807) is 0 Å². The zero-order chi connectivity index (χ0) is 19.7. The molecule has 0 saturated heterocycles. The van der Waals surface area contributed by atoms with Crippen LogP contribution in [0.15, 0.2) is 24.3 Å². The van der Waals surface area contributed by atoms with Gasteiger partial charge in [-0.25, -0.2) is 4.57 Å². The van der Waals surface area contributed by atoms with Gasteiger partial charge in [0.25, 0.3) is 0 Å². The molecule has 4 rings (SSSR count). The van der Waals surface area contributed by atoms with Crippen LogP contribution in [0.25, 0.3) is 21.0 Å². The second-order valence-corrected chi connectivity index (χ2v) is 9.39. The minimum atomic E-state index is 0.425. The Morgan fingerprint density at radius 2 is 1.86 bits per heavy atom. The molecule has 0 amide bonds. The van der Waals surface area contributed by atoms with Crippen LogP contribution in [0, 0.1) is 6.92 Å². The Bertz CT molecular complexity index is 973. The van der Waals surface area contributed by atoms with Gasteiger partial charge in [0.1, 0.15) is 5.75 Å². The minimum absolute atomic E-state index is 0.425. The molecule has 5 heteroatoms. The van der Waals surface area contributed by atoms with Crippen molar-refractivity contribution in [2.24, 2.45) is 0 Å². The van der Waals surface area contributed by atoms with Crippen molar-refractivity contribution in [3.63, 3.8) is 0 Å². The summed E-state index contributed by atoms with van der Waals surface area (Å²) in [4.78, 5) is 2.25. The van der Waals surface area contributed by atoms with Gasteiger partial charge in [0.05, 0.1) is 17.3 Å². The summed E-state index contributed by atoms with van der Waals surface area (Å²) < 4.78 is 3.69. The third-order valence-electron chi connectivity index (χ3n) is 5.98. The van der Waals surface area contributed by atoms with Gasteiger partial charge in [-0.1, -0.05) is 24.6 Å². The van der Waals surface area contributed by atoms with E-state index in [2.05, 4.69) is 47.9 Å². The van der Waals surface area contributed by atoms with Crippen molar-refractivity contribution in [1.29, 1.82) is 0 Å². The molecule has 1 aliphatic carbocycles. The molecule has 2 aromatic carbocycles. The highest BCUT2D eigenvalue weighted by atomic mass is 32.1. The summed E-state index contributed by atoms with van der Waals surface area (Å²) in [6.07, 6.45) is 7.65. The van der Waals surface area contributed by atoms with Gasteiger partial charge in [-0.3, -0.25) is 5.32 Å². The lowest BCUT2D eigenvalue weighted by Crippen LogP contribution is -2.39. The Kier molecular flexibility index (Phi) is 5.74. The van der Waals surface area contributed by atoms with Crippen molar-refractivity contribution in [3.05, 3.63) is 29.8 Å². The van der Waals surface area contributed by atoms with Gasteiger partial charge in [-0.05, 0) is 70.5 Å². The van der Waals surface area contributed by atoms with Crippen LogP contribution in [0.2, 0.25) is 0 Å². The third-order valence-corrected chi connectivity index (χ3v) is 7.22. The summed E-state index contributed by atoms with van der Waals surface area (Å²) in [6, 6.07) is 8.84. The second kappa shape index (κ2) is 8.26. The first kappa shape index (κ1) is 19.5. The van der Waals surface area contributed by atoms with Gasteiger partial charge in [-0.15, -0.1) is 0 Å². The fourth-order valence-corrected chi connectivity index (χ4v) is 5.72. The average Bonchev–Trinajstić information content (AvgIpc) is 3.05. The van der Waals surface area contributed by atoms with Gasteiger partial charge in [0, 0.05) is 22.9 Å². The SMILES string of the molecule is Cc1c(O)c2ccccc2c2c1sc(NC1CCCCC1)[n+]2CCCN(C)C. The molecule has 1 saturated carbocycles. The fourth-order valence-electron chi connectivity index (χ4n) is 4.44. The number of phenols is 1. The Morgan fingerprint density at radius 1 is 1.14 bits per heavy atom. The first-order chi connectivity index (χ1) is 13.6. The van der Waals surface area contributed by atoms with Crippen LogP contribution in [0.3, 0.4) is 0 Å². The normalized spacial score (nSPS) is 15.7. The molecule has 1 aliphatic rings. The summed E-state index contributed by atoms with van der Waals surface area (Å²) in [6.45, 7) is 4.11. The van der Waals surface area contributed by atoms with Crippen molar-refractivity contribution in [2.45, 2.75) is 58.0 Å². The van der Waals surface area contributed by atoms with Crippen molar-refractivity contribution in [2.75, 3.05) is 26.0 Å². The maximum absolute atomic E-state index is 10.8. The van der Waals surface area contributed by atoms with E-state index in [4.69, 9.17) is 0 Å². The van der Waals surface area contributed by atoms with Crippen LogP contribution in [-0.4, -0.2) is 36.7 Å². The Morgan fingerprint density at radius 3 is 2.57 bits per heavy atom. The number of hydrogen-bond donors (Lipinski definition) is 2. The van der Waals surface area contributed by atoms with E-state index in [-0.39, 0.29) is 0 Å².